The first kappa shape index (κ1) is 18.0. The van der Waals surface area contributed by atoms with E-state index >= 15 is 0 Å². The van der Waals surface area contributed by atoms with Gasteiger partial charge < -0.3 is 4.90 Å². The molecule has 0 unspecified atom stereocenters. The lowest BCUT2D eigenvalue weighted by Gasteiger charge is -2.20. The third-order valence-electron chi connectivity index (χ3n) is 4.04. The van der Waals surface area contributed by atoms with Crippen molar-refractivity contribution >= 4 is 43.9 Å². The minimum atomic E-state index is 0.0449. The Morgan fingerprint density at radius 3 is 2.72 bits per heavy atom. The maximum atomic E-state index is 13.0. The first-order chi connectivity index (χ1) is 12.1. The summed E-state index contributed by atoms with van der Waals surface area (Å²) < 4.78 is 1.14. The van der Waals surface area contributed by atoms with E-state index in [0.29, 0.717) is 6.54 Å². The molecule has 0 aliphatic carbocycles. The van der Waals surface area contributed by atoms with Gasteiger partial charge in [-0.1, -0.05) is 30.4 Å². The standard InChI is InChI=1S/C19H23N3OS2/c1-4-14-8-9-15-17(13-14)25-19(20-15)22(11-6-10-21(2)3)18(23)16-7-5-12-24-16/h5,7-9,12-13H,4,6,10-11H2,1-3H3. The summed E-state index contributed by atoms with van der Waals surface area (Å²) in [6, 6.07) is 10.2. The molecular formula is C19H23N3OS2. The number of hydrogen-bond donors (Lipinski definition) is 0. The monoisotopic (exact) mass is 373 g/mol. The number of aromatic nitrogens is 1. The minimum absolute atomic E-state index is 0.0449. The second-order valence-corrected chi connectivity index (χ2v) is 8.20. The van der Waals surface area contributed by atoms with Gasteiger partial charge >= 0.3 is 0 Å². The molecule has 0 aliphatic heterocycles. The first-order valence-corrected chi connectivity index (χ1v) is 10.2. The van der Waals surface area contributed by atoms with Crippen molar-refractivity contribution in [3.63, 3.8) is 0 Å². The van der Waals surface area contributed by atoms with Crippen LogP contribution in [0.15, 0.2) is 35.7 Å². The average molecular weight is 374 g/mol. The Labute approximate surface area is 156 Å². The van der Waals surface area contributed by atoms with Gasteiger partial charge in [0.2, 0.25) is 0 Å². The summed E-state index contributed by atoms with van der Waals surface area (Å²) in [5.41, 5.74) is 2.26. The maximum Gasteiger partial charge on any atom is 0.270 e. The number of benzene rings is 1. The Kier molecular flexibility index (Phi) is 5.83. The van der Waals surface area contributed by atoms with Crippen LogP contribution in [0.3, 0.4) is 0 Å². The number of thiazole rings is 1. The van der Waals surface area contributed by atoms with Gasteiger partial charge in [-0.2, -0.15) is 0 Å². The summed E-state index contributed by atoms with van der Waals surface area (Å²) >= 11 is 3.09. The van der Waals surface area contributed by atoms with Crippen LogP contribution in [-0.4, -0.2) is 43.0 Å². The van der Waals surface area contributed by atoms with Crippen LogP contribution in [0.4, 0.5) is 5.13 Å². The molecule has 0 spiro atoms. The van der Waals surface area contributed by atoms with Crippen LogP contribution in [0.2, 0.25) is 0 Å². The van der Waals surface area contributed by atoms with Crippen molar-refractivity contribution in [3.05, 3.63) is 46.2 Å². The van der Waals surface area contributed by atoms with E-state index in [4.69, 9.17) is 4.98 Å². The fourth-order valence-electron chi connectivity index (χ4n) is 2.65. The highest BCUT2D eigenvalue weighted by Gasteiger charge is 2.21. The van der Waals surface area contributed by atoms with E-state index in [0.717, 1.165) is 39.6 Å². The summed E-state index contributed by atoms with van der Waals surface area (Å²) in [7, 11) is 4.10. The molecule has 0 saturated carbocycles. The van der Waals surface area contributed by atoms with Gasteiger partial charge in [0, 0.05) is 6.54 Å². The van der Waals surface area contributed by atoms with Gasteiger partial charge in [0.25, 0.3) is 5.91 Å². The van der Waals surface area contributed by atoms with Crippen LogP contribution in [0.1, 0.15) is 28.6 Å². The van der Waals surface area contributed by atoms with Crippen LogP contribution < -0.4 is 4.90 Å². The molecule has 0 saturated heterocycles. The number of rotatable bonds is 7. The van der Waals surface area contributed by atoms with Gasteiger partial charge in [0.15, 0.2) is 5.13 Å². The van der Waals surface area contributed by atoms with E-state index in [1.54, 1.807) is 11.3 Å². The molecule has 132 valence electrons. The SMILES string of the molecule is CCc1ccc2nc(N(CCCN(C)C)C(=O)c3cccs3)sc2c1. The molecule has 6 heteroatoms. The number of fused-ring (bicyclic) bond motifs is 1. The van der Waals surface area contributed by atoms with Gasteiger partial charge in [-0.05, 0) is 62.6 Å². The molecule has 0 N–H and O–H groups in total. The molecule has 1 aromatic carbocycles. The number of aryl methyl sites for hydroxylation is 1. The van der Waals surface area contributed by atoms with Gasteiger partial charge in [0.05, 0.1) is 15.1 Å². The Hall–Kier alpha value is -1.76. The van der Waals surface area contributed by atoms with Crippen molar-refractivity contribution in [2.45, 2.75) is 19.8 Å². The van der Waals surface area contributed by atoms with Gasteiger partial charge in [-0.25, -0.2) is 4.98 Å². The number of carbonyl (C=O) groups is 1. The highest BCUT2D eigenvalue weighted by Crippen LogP contribution is 2.31. The average Bonchev–Trinajstić information content (AvgIpc) is 3.26. The minimum Gasteiger partial charge on any atom is -0.309 e. The Balaban J connectivity index is 1.91. The molecule has 2 heterocycles. The topological polar surface area (TPSA) is 36.4 Å². The van der Waals surface area contributed by atoms with Crippen LogP contribution in [0.25, 0.3) is 10.2 Å². The van der Waals surface area contributed by atoms with Crippen LogP contribution in [0.5, 0.6) is 0 Å². The first-order valence-electron chi connectivity index (χ1n) is 8.48. The van der Waals surface area contributed by atoms with E-state index in [1.807, 2.05) is 22.4 Å². The summed E-state index contributed by atoms with van der Waals surface area (Å²) in [6.45, 7) is 3.77. The molecule has 1 amide bonds. The lowest BCUT2D eigenvalue weighted by molar-refractivity contribution is 0.0990. The molecular weight excluding hydrogens is 350 g/mol. The summed E-state index contributed by atoms with van der Waals surface area (Å²) in [5.74, 6) is 0.0449. The zero-order valence-electron chi connectivity index (χ0n) is 14.9. The van der Waals surface area contributed by atoms with Crippen LogP contribution in [-0.2, 0) is 6.42 Å². The van der Waals surface area contributed by atoms with Crippen molar-refractivity contribution < 1.29 is 4.79 Å². The highest BCUT2D eigenvalue weighted by atomic mass is 32.1. The second-order valence-electron chi connectivity index (χ2n) is 6.24. The number of carbonyl (C=O) groups excluding carboxylic acids is 1. The molecule has 2 aromatic heterocycles. The Morgan fingerprint density at radius 1 is 1.20 bits per heavy atom. The third-order valence-corrected chi connectivity index (χ3v) is 5.94. The molecule has 3 aromatic rings. The highest BCUT2D eigenvalue weighted by molar-refractivity contribution is 7.22. The maximum absolute atomic E-state index is 13.0. The molecule has 0 bridgehead atoms. The van der Waals surface area contributed by atoms with E-state index in [1.165, 1.54) is 16.9 Å². The van der Waals surface area contributed by atoms with Gasteiger partial charge in [-0.15, -0.1) is 11.3 Å². The number of thiophene rings is 1. The Morgan fingerprint density at radius 2 is 2.04 bits per heavy atom. The number of anilines is 1. The third kappa shape index (κ3) is 4.26. The van der Waals surface area contributed by atoms with Crippen molar-refractivity contribution in [1.29, 1.82) is 0 Å². The lowest BCUT2D eigenvalue weighted by Crippen LogP contribution is -2.32. The number of nitrogens with zero attached hydrogens (tertiary/aromatic N) is 3. The van der Waals surface area contributed by atoms with Crippen molar-refractivity contribution in [3.8, 4) is 0 Å². The van der Waals surface area contributed by atoms with Gasteiger partial charge in [0.1, 0.15) is 0 Å². The van der Waals surface area contributed by atoms with Crippen LogP contribution in [0, 0.1) is 0 Å². The molecule has 0 aliphatic rings. The van der Waals surface area contributed by atoms with E-state index in [9.17, 15) is 4.79 Å². The summed E-state index contributed by atoms with van der Waals surface area (Å²) in [4.78, 5) is 22.4. The molecule has 0 atom stereocenters. The quantitative estimate of drug-likeness (QED) is 0.611. The predicted octanol–water partition coefficient (Wildman–Crippen LogP) is 4.52. The summed E-state index contributed by atoms with van der Waals surface area (Å²) in [5, 5.41) is 2.73. The molecule has 25 heavy (non-hydrogen) atoms. The number of hydrogen-bond acceptors (Lipinski definition) is 5. The Bertz CT molecular complexity index is 840. The molecule has 0 radical (unpaired) electrons. The zero-order valence-corrected chi connectivity index (χ0v) is 16.5. The van der Waals surface area contributed by atoms with E-state index in [2.05, 4.69) is 44.1 Å². The van der Waals surface area contributed by atoms with E-state index in [-0.39, 0.29) is 5.91 Å². The van der Waals surface area contributed by atoms with Crippen molar-refractivity contribution in [2.24, 2.45) is 0 Å². The van der Waals surface area contributed by atoms with E-state index < -0.39 is 0 Å². The molecule has 4 nitrogen and oxygen atoms in total. The fraction of sp³-hybridized carbons (Fsp3) is 0.368. The normalized spacial score (nSPS) is 11.4. The lowest BCUT2D eigenvalue weighted by atomic mass is 10.2. The molecule has 3 rings (SSSR count). The fourth-order valence-corrected chi connectivity index (χ4v) is 4.38. The number of amides is 1. The summed E-state index contributed by atoms with van der Waals surface area (Å²) in [6.07, 6.45) is 1.92. The molecule has 0 fully saturated rings. The second kappa shape index (κ2) is 8.08. The van der Waals surface area contributed by atoms with Crippen molar-refractivity contribution in [1.82, 2.24) is 9.88 Å². The smallest absolute Gasteiger partial charge is 0.270 e. The zero-order chi connectivity index (χ0) is 17.8. The predicted molar refractivity (Wildman–Crippen MR) is 108 cm³/mol. The van der Waals surface area contributed by atoms with Crippen LogP contribution >= 0.6 is 22.7 Å². The van der Waals surface area contributed by atoms with Crippen molar-refractivity contribution in [2.75, 3.05) is 32.1 Å². The van der Waals surface area contributed by atoms with Gasteiger partial charge in [-0.3, -0.25) is 9.69 Å². The largest absolute Gasteiger partial charge is 0.309 e.